The average Bonchev–Trinajstić information content (AvgIpc) is 2.37. The van der Waals surface area contributed by atoms with E-state index >= 15 is 0 Å². The average molecular weight is 286 g/mol. The Morgan fingerprint density at radius 3 is 2.15 bits per heavy atom. The Bertz CT molecular complexity index is 318. The Kier molecular flexibility index (Phi) is 10.6. The molecule has 20 heavy (non-hydrogen) atoms. The second-order valence-electron chi connectivity index (χ2n) is 5.01. The number of unbranched alkanes of at least 4 members (excludes halogenated alkanes) is 3. The third-order valence-corrected chi connectivity index (χ3v) is 3.01. The number of carbonyl (C=O) groups is 3. The lowest BCUT2D eigenvalue weighted by atomic mass is 10.1. The molecule has 4 N–H and O–H groups in total. The first-order valence-corrected chi connectivity index (χ1v) is 7.19. The number of carboxylic acid groups (broad SMARTS) is 1. The smallest absolute Gasteiger partial charge is 0.326 e. The van der Waals surface area contributed by atoms with Crippen molar-refractivity contribution in [3.63, 3.8) is 0 Å². The van der Waals surface area contributed by atoms with Crippen LogP contribution >= 0.6 is 0 Å². The van der Waals surface area contributed by atoms with Crippen molar-refractivity contribution < 1.29 is 19.5 Å². The van der Waals surface area contributed by atoms with E-state index in [1.807, 2.05) is 0 Å². The lowest BCUT2D eigenvalue weighted by Crippen LogP contribution is -2.40. The van der Waals surface area contributed by atoms with E-state index in [9.17, 15) is 14.4 Å². The van der Waals surface area contributed by atoms with Crippen molar-refractivity contribution in [2.75, 3.05) is 6.54 Å². The fourth-order valence-electron chi connectivity index (χ4n) is 1.86. The first-order chi connectivity index (χ1) is 9.47. The summed E-state index contributed by atoms with van der Waals surface area (Å²) in [6.45, 7) is 1.98. The third kappa shape index (κ3) is 10.5. The molecular formula is C14H26N2O4. The Morgan fingerprint density at radius 2 is 1.65 bits per heavy atom. The number of carboxylic acids is 1. The van der Waals surface area contributed by atoms with Gasteiger partial charge in [-0.1, -0.05) is 12.8 Å². The summed E-state index contributed by atoms with van der Waals surface area (Å²) < 4.78 is 0. The van der Waals surface area contributed by atoms with Crippen LogP contribution in [-0.4, -0.2) is 35.4 Å². The molecule has 0 aliphatic rings. The molecule has 0 fully saturated rings. The van der Waals surface area contributed by atoms with Gasteiger partial charge in [0.25, 0.3) is 0 Å². The zero-order valence-corrected chi connectivity index (χ0v) is 12.2. The lowest BCUT2D eigenvalue weighted by molar-refractivity contribution is -0.142. The highest BCUT2D eigenvalue weighted by Gasteiger charge is 2.18. The van der Waals surface area contributed by atoms with Gasteiger partial charge in [-0.15, -0.1) is 0 Å². The lowest BCUT2D eigenvalue weighted by Gasteiger charge is -2.13. The van der Waals surface area contributed by atoms with Gasteiger partial charge in [0.05, 0.1) is 0 Å². The normalized spacial score (nSPS) is 11.9. The molecule has 0 heterocycles. The van der Waals surface area contributed by atoms with Crippen molar-refractivity contribution in [2.45, 2.75) is 64.3 Å². The minimum Gasteiger partial charge on any atom is -0.480 e. The molecule has 0 rings (SSSR count). The van der Waals surface area contributed by atoms with Gasteiger partial charge >= 0.3 is 5.97 Å². The first-order valence-electron chi connectivity index (χ1n) is 7.19. The Balaban J connectivity index is 3.74. The van der Waals surface area contributed by atoms with Crippen molar-refractivity contribution in [3.05, 3.63) is 0 Å². The SMILES string of the molecule is CC(=O)CCCCCCC(=O)N[C@@H](CCCN)C(=O)O. The van der Waals surface area contributed by atoms with Crippen LogP contribution in [-0.2, 0) is 14.4 Å². The summed E-state index contributed by atoms with van der Waals surface area (Å²) in [7, 11) is 0. The highest BCUT2D eigenvalue weighted by atomic mass is 16.4. The molecule has 0 unspecified atom stereocenters. The maximum atomic E-state index is 11.6. The van der Waals surface area contributed by atoms with Crippen LogP contribution in [0.1, 0.15) is 58.3 Å². The van der Waals surface area contributed by atoms with Crippen LogP contribution in [0.4, 0.5) is 0 Å². The topological polar surface area (TPSA) is 109 Å². The van der Waals surface area contributed by atoms with E-state index in [0.717, 1.165) is 19.3 Å². The summed E-state index contributed by atoms with van der Waals surface area (Å²) in [5.41, 5.74) is 5.33. The summed E-state index contributed by atoms with van der Waals surface area (Å²) in [4.78, 5) is 33.3. The number of aliphatic carboxylic acids is 1. The van der Waals surface area contributed by atoms with Crippen LogP contribution in [0.3, 0.4) is 0 Å². The van der Waals surface area contributed by atoms with Crippen LogP contribution < -0.4 is 11.1 Å². The predicted octanol–water partition coefficient (Wildman–Crippen LogP) is 1.22. The molecule has 0 aromatic rings. The second kappa shape index (κ2) is 11.4. The van der Waals surface area contributed by atoms with Crippen molar-refractivity contribution in [2.24, 2.45) is 5.73 Å². The number of hydrogen-bond acceptors (Lipinski definition) is 4. The molecule has 1 amide bonds. The van der Waals surface area contributed by atoms with Gasteiger partial charge < -0.3 is 21.0 Å². The van der Waals surface area contributed by atoms with Gasteiger partial charge in [0.2, 0.25) is 5.91 Å². The summed E-state index contributed by atoms with van der Waals surface area (Å²) in [5, 5.41) is 11.5. The maximum absolute atomic E-state index is 11.6. The Labute approximate surface area is 120 Å². The molecule has 0 aliphatic carbocycles. The number of hydrogen-bond donors (Lipinski definition) is 3. The van der Waals surface area contributed by atoms with E-state index in [2.05, 4.69) is 5.32 Å². The van der Waals surface area contributed by atoms with Gasteiger partial charge in [0, 0.05) is 12.8 Å². The minimum absolute atomic E-state index is 0.187. The number of carbonyl (C=O) groups excluding carboxylic acids is 2. The maximum Gasteiger partial charge on any atom is 0.326 e. The zero-order valence-electron chi connectivity index (χ0n) is 12.2. The first kappa shape index (κ1) is 18.6. The summed E-state index contributed by atoms with van der Waals surface area (Å²) in [6.07, 6.45) is 5.21. The molecule has 1 atom stereocenters. The van der Waals surface area contributed by atoms with Crippen LogP contribution in [0.15, 0.2) is 0 Å². The quantitative estimate of drug-likeness (QED) is 0.467. The molecule has 6 heteroatoms. The predicted molar refractivity (Wildman–Crippen MR) is 76.2 cm³/mol. The van der Waals surface area contributed by atoms with Crippen LogP contribution in [0.25, 0.3) is 0 Å². The second-order valence-corrected chi connectivity index (χ2v) is 5.01. The number of Topliss-reactive ketones (excluding diaryl/α,β-unsaturated/α-hetero) is 1. The molecular weight excluding hydrogens is 260 g/mol. The van der Waals surface area contributed by atoms with Gasteiger partial charge in [-0.3, -0.25) is 4.79 Å². The fraction of sp³-hybridized carbons (Fsp3) is 0.786. The number of amides is 1. The molecule has 0 bridgehead atoms. The van der Waals surface area contributed by atoms with Crippen molar-refractivity contribution in [1.29, 1.82) is 0 Å². The highest BCUT2D eigenvalue weighted by Crippen LogP contribution is 2.06. The number of ketones is 1. The largest absolute Gasteiger partial charge is 0.480 e. The Hall–Kier alpha value is -1.43. The highest BCUT2D eigenvalue weighted by molar-refractivity contribution is 5.83. The van der Waals surface area contributed by atoms with Crippen LogP contribution in [0, 0.1) is 0 Å². The molecule has 0 saturated heterocycles. The van der Waals surface area contributed by atoms with E-state index in [1.165, 1.54) is 0 Å². The van der Waals surface area contributed by atoms with Gasteiger partial charge in [-0.2, -0.15) is 0 Å². The van der Waals surface area contributed by atoms with Crippen molar-refractivity contribution >= 4 is 17.7 Å². The van der Waals surface area contributed by atoms with Gasteiger partial charge in [-0.25, -0.2) is 4.79 Å². The number of rotatable bonds is 12. The fourth-order valence-corrected chi connectivity index (χ4v) is 1.86. The van der Waals surface area contributed by atoms with E-state index in [-0.39, 0.29) is 11.7 Å². The minimum atomic E-state index is -1.02. The van der Waals surface area contributed by atoms with Gasteiger partial charge in [0.15, 0.2) is 0 Å². The van der Waals surface area contributed by atoms with E-state index in [4.69, 9.17) is 10.8 Å². The van der Waals surface area contributed by atoms with Gasteiger partial charge in [0.1, 0.15) is 11.8 Å². The number of nitrogens with one attached hydrogen (secondary N) is 1. The third-order valence-electron chi connectivity index (χ3n) is 3.01. The standard InChI is InChI=1S/C14H26N2O4/c1-11(17)7-4-2-3-5-9-13(18)16-12(14(19)20)8-6-10-15/h12H,2-10,15H2,1H3,(H,16,18)(H,19,20)/t12-/m0/s1. The molecule has 116 valence electrons. The molecule has 0 radical (unpaired) electrons. The van der Waals surface area contributed by atoms with Crippen molar-refractivity contribution in [1.82, 2.24) is 5.32 Å². The van der Waals surface area contributed by atoms with Crippen LogP contribution in [0.2, 0.25) is 0 Å². The van der Waals surface area contributed by atoms with E-state index < -0.39 is 12.0 Å². The summed E-state index contributed by atoms with van der Waals surface area (Å²) in [5.74, 6) is -1.07. The molecule has 0 saturated carbocycles. The van der Waals surface area contributed by atoms with Crippen LogP contribution in [0.5, 0.6) is 0 Å². The van der Waals surface area contributed by atoms with E-state index in [0.29, 0.717) is 38.6 Å². The van der Waals surface area contributed by atoms with Gasteiger partial charge in [-0.05, 0) is 39.2 Å². The Morgan fingerprint density at radius 1 is 1.05 bits per heavy atom. The summed E-state index contributed by atoms with van der Waals surface area (Å²) >= 11 is 0. The summed E-state index contributed by atoms with van der Waals surface area (Å²) in [6, 6.07) is -0.844. The van der Waals surface area contributed by atoms with E-state index in [1.54, 1.807) is 6.92 Å². The monoisotopic (exact) mass is 286 g/mol. The molecule has 0 aromatic heterocycles. The molecule has 6 nitrogen and oxygen atoms in total. The zero-order chi connectivity index (χ0) is 15.4. The number of nitrogens with two attached hydrogens (primary N) is 1. The van der Waals surface area contributed by atoms with Crippen molar-refractivity contribution in [3.8, 4) is 0 Å². The molecule has 0 aliphatic heterocycles. The molecule has 0 aromatic carbocycles. The molecule has 0 spiro atoms.